The minimum absolute atomic E-state index is 0.0433. The monoisotopic (exact) mass is 332 g/mol. The van der Waals surface area contributed by atoms with Crippen LogP contribution in [-0.2, 0) is 22.1 Å². The molecule has 0 N–H and O–H groups in total. The van der Waals surface area contributed by atoms with Gasteiger partial charge in [0.1, 0.15) is 15.4 Å². The van der Waals surface area contributed by atoms with Gasteiger partial charge < -0.3 is 39.2 Å². The fraction of sp³-hybridized carbons (Fsp3) is 0.786. The first-order chi connectivity index (χ1) is 9.65. The van der Waals surface area contributed by atoms with Gasteiger partial charge in [0.05, 0.1) is 0 Å². The molecule has 0 aliphatic rings. The fourth-order valence-electron chi connectivity index (χ4n) is 1.52. The quantitative estimate of drug-likeness (QED) is 0.129. The molecule has 0 aromatic carbocycles. The van der Waals surface area contributed by atoms with Gasteiger partial charge in [-0.15, -0.1) is 6.58 Å². The minimum atomic E-state index is -0.0433. The van der Waals surface area contributed by atoms with Crippen LogP contribution in [0.3, 0.4) is 0 Å². The van der Waals surface area contributed by atoms with Crippen molar-refractivity contribution in [3.63, 3.8) is 0 Å². The third kappa shape index (κ3) is 10.7. The summed E-state index contributed by atoms with van der Waals surface area (Å²) < 4.78 is 11.9. The van der Waals surface area contributed by atoms with Crippen LogP contribution >= 0.6 is 12.2 Å². The van der Waals surface area contributed by atoms with E-state index in [0.29, 0.717) is 13.8 Å². The Balaban J connectivity index is 3.89. The third-order valence-corrected chi connectivity index (χ3v) is 4.30. The van der Waals surface area contributed by atoms with Gasteiger partial charge in [-0.25, -0.2) is 0 Å². The van der Waals surface area contributed by atoms with Crippen LogP contribution in [0.2, 0.25) is 6.04 Å². The van der Waals surface area contributed by atoms with Crippen LogP contribution in [0.5, 0.6) is 0 Å². The molecule has 0 rings (SSSR count). The summed E-state index contributed by atoms with van der Waals surface area (Å²) in [5, 5.41) is 0. The Morgan fingerprint density at radius 2 is 1.95 bits per heavy atom. The molecule has 0 amide bonds. The number of ether oxygens (including phenoxy) is 2. The van der Waals surface area contributed by atoms with E-state index >= 15 is 0 Å². The molecule has 0 aliphatic carbocycles. The molecule has 0 spiro atoms. The van der Waals surface area contributed by atoms with Crippen LogP contribution in [0.1, 0.15) is 33.1 Å². The first-order valence-corrected chi connectivity index (χ1v) is 9.29. The lowest BCUT2D eigenvalue weighted by molar-refractivity contribution is -0.0904. The summed E-state index contributed by atoms with van der Waals surface area (Å²) in [5.74, 6) is -0.0433. The summed E-state index contributed by atoms with van der Waals surface area (Å²) in [6, 6.07) is 1.07. The molecule has 0 saturated heterocycles. The van der Waals surface area contributed by atoms with Gasteiger partial charge >= 0.3 is 0 Å². The van der Waals surface area contributed by atoms with E-state index in [9.17, 15) is 0 Å². The molecule has 0 unspecified atom stereocenters. The van der Waals surface area contributed by atoms with Crippen molar-refractivity contribution in [2.75, 3.05) is 26.3 Å². The van der Waals surface area contributed by atoms with Gasteiger partial charge in [0.25, 0.3) is 0 Å². The van der Waals surface area contributed by atoms with Gasteiger partial charge in [-0.3, -0.25) is 0 Å². The number of nitrogens with zero attached hydrogens (tertiary/aromatic N) is 1. The van der Waals surface area contributed by atoms with Crippen LogP contribution in [0.25, 0.3) is 0 Å². The van der Waals surface area contributed by atoms with E-state index in [1.54, 1.807) is 0 Å². The van der Waals surface area contributed by atoms with Gasteiger partial charge in [-0.05, 0) is 19.3 Å². The Kier molecular flexibility index (Phi) is 13.9. The molecular weight excluding hydrogens is 306 g/mol. The second-order valence-electron chi connectivity index (χ2n) is 4.38. The zero-order chi connectivity index (χ0) is 15.2. The molecule has 0 atom stereocenters. The van der Waals surface area contributed by atoms with Crippen LogP contribution in [0.15, 0.2) is 12.7 Å². The molecule has 0 aliphatic heterocycles. The van der Waals surface area contributed by atoms with E-state index in [1.165, 1.54) is 0 Å². The second-order valence-corrected chi connectivity index (χ2v) is 6.79. The van der Waals surface area contributed by atoms with Crippen molar-refractivity contribution in [1.82, 2.24) is 4.90 Å². The molecule has 2 radical (unpaired) electrons. The zero-order valence-corrected chi connectivity index (χ0v) is 15.2. The molecule has 0 bridgehead atoms. The molecule has 0 heterocycles. The largest absolute Gasteiger partial charge is 0.411 e. The van der Waals surface area contributed by atoms with Crippen LogP contribution in [0, 0.1) is 0 Å². The van der Waals surface area contributed by atoms with Crippen molar-refractivity contribution >= 4 is 38.7 Å². The molecular formula is C14H26NO2S2Si-. The highest BCUT2D eigenvalue weighted by molar-refractivity contribution is 8.00. The number of hydrogen-bond donors (Lipinski definition) is 0. The average molecular weight is 333 g/mol. The molecule has 20 heavy (non-hydrogen) atoms. The Morgan fingerprint density at radius 1 is 1.35 bits per heavy atom. The topological polar surface area (TPSA) is 21.7 Å². The molecule has 0 fully saturated rings. The first-order valence-electron chi connectivity index (χ1n) is 7.19. The van der Waals surface area contributed by atoms with Crippen LogP contribution in [0.4, 0.5) is 0 Å². The van der Waals surface area contributed by atoms with Crippen molar-refractivity contribution in [2.45, 2.75) is 45.1 Å². The summed E-state index contributed by atoms with van der Waals surface area (Å²) in [6.07, 6.45) is 4.92. The van der Waals surface area contributed by atoms with E-state index < -0.39 is 0 Å². The van der Waals surface area contributed by atoms with Gasteiger partial charge in [0.15, 0.2) is 0 Å². The van der Waals surface area contributed by atoms with E-state index in [0.717, 1.165) is 51.6 Å². The number of rotatable bonds is 13. The van der Waals surface area contributed by atoms with Gasteiger partial charge in [0, 0.05) is 26.3 Å². The molecule has 0 saturated carbocycles. The standard InChI is InChI=1S/C14H27NO2S2Si/c1-4-8-15(13(18)19)9-7-12-20-14(16-10-5-2)17-11-6-3/h4,14H,1,5-12H2,2-3H3,(H,18,19)/p-1. The van der Waals surface area contributed by atoms with Crippen molar-refractivity contribution in [3.05, 3.63) is 12.7 Å². The molecule has 0 aromatic heterocycles. The van der Waals surface area contributed by atoms with Gasteiger partial charge in [-0.1, -0.05) is 30.3 Å². The predicted octanol–water partition coefficient (Wildman–Crippen LogP) is 2.96. The SMILES string of the molecule is C=CCN(CCC[Si]C(OCCC)OCCC)C(=S)[S-]. The molecule has 6 heteroatoms. The summed E-state index contributed by atoms with van der Waals surface area (Å²) in [6.45, 7) is 11.1. The highest BCUT2D eigenvalue weighted by Gasteiger charge is 2.10. The predicted molar refractivity (Wildman–Crippen MR) is 93.2 cm³/mol. The van der Waals surface area contributed by atoms with Gasteiger partial charge in [-0.2, -0.15) is 0 Å². The van der Waals surface area contributed by atoms with E-state index in [2.05, 4.69) is 20.4 Å². The highest BCUT2D eigenvalue weighted by atomic mass is 32.1. The summed E-state index contributed by atoms with van der Waals surface area (Å²) in [7, 11) is 0.664. The van der Waals surface area contributed by atoms with Crippen molar-refractivity contribution < 1.29 is 9.47 Å². The first kappa shape index (κ1) is 20.0. The molecule has 116 valence electrons. The molecule has 3 nitrogen and oxygen atoms in total. The maximum Gasteiger partial charge on any atom is 0.137 e. The van der Waals surface area contributed by atoms with Crippen LogP contribution < -0.4 is 0 Å². The van der Waals surface area contributed by atoms with Crippen LogP contribution in [-0.4, -0.2) is 51.0 Å². The minimum Gasteiger partial charge on any atom is -0.411 e. The van der Waals surface area contributed by atoms with E-state index in [1.807, 2.05) is 11.0 Å². The molecule has 0 aromatic rings. The van der Waals surface area contributed by atoms with E-state index in [4.69, 9.17) is 34.3 Å². The van der Waals surface area contributed by atoms with Crippen molar-refractivity contribution in [1.29, 1.82) is 0 Å². The number of hydrogen-bond acceptors (Lipinski definition) is 4. The fourth-order valence-corrected chi connectivity index (χ4v) is 2.92. The number of thiocarbonyl (C=S) groups is 1. The zero-order valence-electron chi connectivity index (χ0n) is 12.6. The Morgan fingerprint density at radius 3 is 2.40 bits per heavy atom. The Labute approximate surface area is 137 Å². The highest BCUT2D eigenvalue weighted by Crippen LogP contribution is 2.03. The summed E-state index contributed by atoms with van der Waals surface area (Å²) >= 11 is 10.1. The second kappa shape index (κ2) is 13.9. The van der Waals surface area contributed by atoms with Crippen molar-refractivity contribution in [2.24, 2.45) is 0 Å². The average Bonchev–Trinajstić information content (AvgIpc) is 2.43. The Hall–Kier alpha value is -0.0131. The van der Waals surface area contributed by atoms with E-state index in [-0.39, 0.29) is 5.91 Å². The lowest BCUT2D eigenvalue weighted by atomic mass is 10.4. The lowest BCUT2D eigenvalue weighted by Gasteiger charge is -2.27. The summed E-state index contributed by atoms with van der Waals surface area (Å²) in [5.41, 5.74) is 0. The summed E-state index contributed by atoms with van der Waals surface area (Å²) in [4.78, 5) is 2.00. The maximum atomic E-state index is 5.71. The Bertz CT molecular complexity index is 260. The third-order valence-electron chi connectivity index (χ3n) is 2.47. The van der Waals surface area contributed by atoms with Gasteiger partial charge in [0.2, 0.25) is 0 Å². The lowest BCUT2D eigenvalue weighted by Crippen LogP contribution is -2.30. The van der Waals surface area contributed by atoms with Crippen molar-refractivity contribution in [3.8, 4) is 0 Å². The maximum absolute atomic E-state index is 5.71. The normalized spacial score (nSPS) is 10.8. The smallest absolute Gasteiger partial charge is 0.137 e.